The van der Waals surface area contributed by atoms with Gasteiger partial charge in [0.25, 0.3) is 0 Å². The molecule has 1 aromatic carbocycles. The lowest BCUT2D eigenvalue weighted by atomic mass is 10.2. The van der Waals surface area contributed by atoms with Crippen molar-refractivity contribution in [3.8, 4) is 5.69 Å². The number of rotatable bonds is 2. The Morgan fingerprint density at radius 1 is 1.17 bits per heavy atom. The lowest BCUT2D eigenvalue weighted by Crippen LogP contribution is -1.96. The summed E-state index contributed by atoms with van der Waals surface area (Å²) in [5.41, 5.74) is 3.55. The van der Waals surface area contributed by atoms with Crippen molar-refractivity contribution in [1.82, 2.24) is 14.5 Å². The van der Waals surface area contributed by atoms with Crippen LogP contribution in [0.25, 0.3) is 16.7 Å². The molecule has 2 aromatic heterocycles. The molecule has 0 aliphatic carbocycles. The van der Waals surface area contributed by atoms with Crippen LogP contribution in [0.15, 0.2) is 42.7 Å². The highest BCUT2D eigenvalue weighted by Gasteiger charge is 2.08. The number of hydrogen-bond donors (Lipinski definition) is 0. The van der Waals surface area contributed by atoms with Gasteiger partial charge in [-0.3, -0.25) is 14.3 Å². The molecule has 4 nitrogen and oxygen atoms in total. The van der Waals surface area contributed by atoms with Crippen molar-refractivity contribution in [3.63, 3.8) is 0 Å². The molecule has 0 N–H and O–H groups in total. The van der Waals surface area contributed by atoms with Gasteiger partial charge in [-0.15, -0.1) is 0 Å². The Morgan fingerprint density at radius 3 is 2.67 bits per heavy atom. The topological polar surface area (TPSA) is 47.8 Å². The highest BCUT2D eigenvalue weighted by molar-refractivity contribution is 5.78. The largest absolute Gasteiger partial charge is 0.298 e. The number of carbonyl (C=O) groups excluding carboxylic acids is 1. The molecule has 0 saturated heterocycles. The smallest absolute Gasteiger partial charge is 0.150 e. The van der Waals surface area contributed by atoms with E-state index in [0.717, 1.165) is 28.8 Å². The van der Waals surface area contributed by atoms with Gasteiger partial charge in [0, 0.05) is 17.4 Å². The van der Waals surface area contributed by atoms with Crippen LogP contribution in [0.2, 0.25) is 0 Å². The Balaban J connectivity index is 2.23. The minimum absolute atomic E-state index is 0.669. The van der Waals surface area contributed by atoms with Crippen molar-refractivity contribution in [1.29, 1.82) is 0 Å². The first-order valence-electron chi connectivity index (χ1n) is 5.64. The van der Waals surface area contributed by atoms with Gasteiger partial charge in [-0.1, -0.05) is 0 Å². The number of nitrogens with zero attached hydrogens (tertiary/aromatic N) is 3. The highest BCUT2D eigenvalue weighted by Crippen LogP contribution is 2.20. The van der Waals surface area contributed by atoms with Crippen LogP contribution in [-0.4, -0.2) is 20.8 Å². The van der Waals surface area contributed by atoms with Crippen molar-refractivity contribution < 1.29 is 4.79 Å². The summed E-state index contributed by atoms with van der Waals surface area (Å²) in [6.07, 6.45) is 4.34. The monoisotopic (exact) mass is 237 g/mol. The second-order valence-electron chi connectivity index (χ2n) is 4.07. The third kappa shape index (κ3) is 1.59. The van der Waals surface area contributed by atoms with Crippen LogP contribution >= 0.6 is 0 Å². The van der Waals surface area contributed by atoms with E-state index in [1.54, 1.807) is 24.5 Å². The van der Waals surface area contributed by atoms with Gasteiger partial charge in [-0.2, -0.15) is 0 Å². The van der Waals surface area contributed by atoms with Crippen LogP contribution in [0.3, 0.4) is 0 Å². The number of hydrogen-bond acceptors (Lipinski definition) is 3. The quantitative estimate of drug-likeness (QED) is 0.643. The van der Waals surface area contributed by atoms with Crippen molar-refractivity contribution in [2.24, 2.45) is 0 Å². The van der Waals surface area contributed by atoms with Crippen molar-refractivity contribution >= 4 is 17.3 Å². The van der Waals surface area contributed by atoms with E-state index >= 15 is 0 Å². The normalized spacial score (nSPS) is 10.7. The van der Waals surface area contributed by atoms with E-state index in [1.807, 2.05) is 29.7 Å². The third-order valence-electron chi connectivity index (χ3n) is 2.91. The molecule has 4 heteroatoms. The highest BCUT2D eigenvalue weighted by atomic mass is 16.1. The van der Waals surface area contributed by atoms with E-state index in [-0.39, 0.29) is 0 Å². The van der Waals surface area contributed by atoms with Crippen molar-refractivity contribution in [2.45, 2.75) is 6.92 Å². The second-order valence-corrected chi connectivity index (χ2v) is 4.07. The maximum Gasteiger partial charge on any atom is 0.150 e. The van der Waals surface area contributed by atoms with Gasteiger partial charge in [0.1, 0.15) is 17.6 Å². The molecule has 88 valence electrons. The summed E-state index contributed by atoms with van der Waals surface area (Å²) in [6, 6.07) is 9.36. The van der Waals surface area contributed by atoms with Crippen molar-refractivity contribution in [2.75, 3.05) is 0 Å². The molecule has 18 heavy (non-hydrogen) atoms. The second kappa shape index (κ2) is 4.07. The molecule has 0 amide bonds. The van der Waals surface area contributed by atoms with E-state index < -0.39 is 0 Å². The fraction of sp³-hybridized carbons (Fsp3) is 0.0714. The first-order valence-corrected chi connectivity index (χ1v) is 5.64. The van der Waals surface area contributed by atoms with Crippen molar-refractivity contribution in [3.05, 3.63) is 54.1 Å². The number of fused-ring (bicyclic) bond motifs is 1. The summed E-state index contributed by atoms with van der Waals surface area (Å²) in [4.78, 5) is 19.2. The molecule has 3 aromatic rings. The Bertz CT molecular complexity index is 713. The first-order chi connectivity index (χ1) is 8.79. The number of aldehydes is 1. The molecule has 0 bridgehead atoms. The molecule has 0 aliphatic heterocycles. The van der Waals surface area contributed by atoms with Gasteiger partial charge >= 0.3 is 0 Å². The van der Waals surface area contributed by atoms with Gasteiger partial charge in [-0.05, 0) is 37.3 Å². The average molecular weight is 237 g/mol. The van der Waals surface area contributed by atoms with E-state index in [9.17, 15) is 4.79 Å². The molecular weight excluding hydrogens is 226 g/mol. The van der Waals surface area contributed by atoms with Crippen LogP contribution in [0, 0.1) is 6.92 Å². The zero-order valence-electron chi connectivity index (χ0n) is 9.87. The number of pyridine rings is 1. The van der Waals surface area contributed by atoms with Crippen LogP contribution in [0.4, 0.5) is 0 Å². The summed E-state index contributed by atoms with van der Waals surface area (Å²) in [7, 11) is 0. The summed E-state index contributed by atoms with van der Waals surface area (Å²) in [6.45, 7) is 1.95. The Labute approximate surface area is 104 Å². The fourth-order valence-electron chi connectivity index (χ4n) is 2.08. The van der Waals surface area contributed by atoms with Gasteiger partial charge in [0.15, 0.2) is 0 Å². The SMILES string of the molecule is Cc1nc2cnccc2n1-c1ccc(C=O)cc1. The maximum atomic E-state index is 10.7. The molecule has 0 spiro atoms. The fourth-order valence-corrected chi connectivity index (χ4v) is 2.08. The van der Waals surface area contributed by atoms with Gasteiger partial charge in [0.05, 0.1) is 11.7 Å². The van der Waals surface area contributed by atoms with Crippen LogP contribution in [0.5, 0.6) is 0 Å². The zero-order chi connectivity index (χ0) is 12.5. The molecule has 0 aliphatic rings. The standard InChI is InChI=1S/C14H11N3O/c1-10-16-13-8-15-7-6-14(13)17(10)12-4-2-11(9-18)3-5-12/h2-9H,1H3. The molecule has 0 saturated carbocycles. The van der Waals surface area contributed by atoms with E-state index in [2.05, 4.69) is 9.97 Å². The van der Waals surface area contributed by atoms with Gasteiger partial charge in [0.2, 0.25) is 0 Å². The number of aryl methyl sites for hydroxylation is 1. The minimum atomic E-state index is 0.669. The summed E-state index contributed by atoms with van der Waals surface area (Å²) in [5.74, 6) is 0.900. The molecule has 2 heterocycles. The van der Waals surface area contributed by atoms with E-state index in [4.69, 9.17) is 0 Å². The minimum Gasteiger partial charge on any atom is -0.298 e. The van der Waals surface area contributed by atoms with E-state index in [0.29, 0.717) is 5.56 Å². The Kier molecular flexibility index (Phi) is 2.41. The molecule has 0 radical (unpaired) electrons. The summed E-state index contributed by atoms with van der Waals surface area (Å²) < 4.78 is 2.05. The Hall–Kier alpha value is -2.49. The summed E-state index contributed by atoms with van der Waals surface area (Å²) in [5, 5.41) is 0. The third-order valence-corrected chi connectivity index (χ3v) is 2.91. The maximum absolute atomic E-state index is 10.7. The lowest BCUT2D eigenvalue weighted by Gasteiger charge is -2.06. The number of aromatic nitrogens is 3. The number of benzene rings is 1. The van der Waals surface area contributed by atoms with Crippen LogP contribution in [-0.2, 0) is 0 Å². The molecular formula is C14H11N3O. The van der Waals surface area contributed by atoms with Gasteiger partial charge < -0.3 is 0 Å². The molecule has 3 rings (SSSR count). The number of carbonyl (C=O) groups is 1. The van der Waals surface area contributed by atoms with E-state index in [1.165, 1.54) is 0 Å². The molecule has 0 unspecified atom stereocenters. The zero-order valence-corrected chi connectivity index (χ0v) is 9.87. The average Bonchev–Trinajstić information content (AvgIpc) is 2.75. The Morgan fingerprint density at radius 2 is 1.94 bits per heavy atom. The predicted octanol–water partition coefficient (Wildman–Crippen LogP) is 2.54. The molecule has 0 atom stereocenters. The lowest BCUT2D eigenvalue weighted by molar-refractivity contribution is 0.112. The van der Waals surface area contributed by atoms with Gasteiger partial charge in [-0.25, -0.2) is 4.98 Å². The first kappa shape index (κ1) is 10.7. The summed E-state index contributed by atoms with van der Waals surface area (Å²) >= 11 is 0. The van der Waals surface area contributed by atoms with Crippen LogP contribution in [0.1, 0.15) is 16.2 Å². The number of imidazole rings is 1. The predicted molar refractivity (Wildman–Crippen MR) is 69.0 cm³/mol. The molecule has 0 fully saturated rings. The van der Waals surface area contributed by atoms with Crippen LogP contribution < -0.4 is 0 Å².